The molecule has 0 saturated heterocycles. The summed E-state index contributed by atoms with van der Waals surface area (Å²) in [6.45, 7) is 1.49. The van der Waals surface area contributed by atoms with Crippen molar-refractivity contribution in [1.82, 2.24) is 24.6 Å². The van der Waals surface area contributed by atoms with Crippen molar-refractivity contribution in [3.63, 3.8) is 0 Å². The smallest absolute Gasteiger partial charge is 0.270 e. The Bertz CT molecular complexity index is 1230. The molecule has 1 saturated carbocycles. The van der Waals surface area contributed by atoms with Crippen LogP contribution in [-0.4, -0.2) is 69.2 Å². The Morgan fingerprint density at radius 1 is 1.25 bits per heavy atom. The zero-order valence-electron chi connectivity index (χ0n) is 17.8. The maximum atomic E-state index is 14.0. The number of aromatic amines is 1. The van der Waals surface area contributed by atoms with E-state index in [0.717, 1.165) is 25.0 Å². The maximum absolute atomic E-state index is 14.0. The number of fused-ring (bicyclic) bond motifs is 2. The fourth-order valence-corrected chi connectivity index (χ4v) is 4.43. The lowest BCUT2D eigenvalue weighted by Gasteiger charge is -2.30. The molecule has 3 heterocycles. The van der Waals surface area contributed by atoms with E-state index in [0.29, 0.717) is 31.0 Å². The van der Waals surface area contributed by atoms with Gasteiger partial charge in [-0.15, -0.1) is 0 Å². The molecule has 32 heavy (non-hydrogen) atoms. The number of carbonyl (C=O) groups excluding carboxylic acids is 2. The lowest BCUT2D eigenvalue weighted by molar-refractivity contribution is 0.0544. The number of likely N-dealkylation sites (N-methyl/N-ethyl adjacent to an activating group) is 1. The van der Waals surface area contributed by atoms with Crippen molar-refractivity contribution in [2.24, 2.45) is 0 Å². The number of hydrogen-bond donors (Lipinski definition) is 1. The molecule has 0 atom stereocenters. The number of ether oxygens (including phenoxy) is 1. The number of nitrogens with zero attached hydrogens (tertiary/aromatic N) is 4. The average Bonchev–Trinajstić information content (AvgIpc) is 3.23. The first-order valence-corrected chi connectivity index (χ1v) is 10.4. The number of amides is 2. The van der Waals surface area contributed by atoms with E-state index in [9.17, 15) is 18.4 Å². The molecule has 8 nitrogen and oxygen atoms in total. The maximum Gasteiger partial charge on any atom is 0.270 e. The second kappa shape index (κ2) is 7.40. The van der Waals surface area contributed by atoms with Gasteiger partial charge in [0.15, 0.2) is 0 Å². The molecule has 5 rings (SSSR count). The van der Waals surface area contributed by atoms with E-state index in [4.69, 9.17) is 4.74 Å². The van der Waals surface area contributed by atoms with E-state index in [-0.39, 0.29) is 40.5 Å². The predicted octanol–water partition coefficient (Wildman–Crippen LogP) is 2.55. The normalized spacial score (nSPS) is 16.8. The average molecular weight is 443 g/mol. The minimum Gasteiger partial charge on any atom is -0.382 e. The van der Waals surface area contributed by atoms with Crippen LogP contribution in [-0.2, 0) is 17.8 Å². The molecule has 0 unspecified atom stereocenters. The van der Waals surface area contributed by atoms with Gasteiger partial charge in [0.1, 0.15) is 17.3 Å². The Hall–Kier alpha value is -3.27. The molecule has 0 spiro atoms. The standard InChI is InChI=1S/C22H23F2N5O3/c1-27(22(3-4-22)12-32-2)20(30)15-10-25-29-6-5-28(11-19(15)29)21(31)18-9-14-16(24)7-13(23)8-17(14)26-18/h7-10,26H,3-6,11-12H2,1-2H3. The number of benzene rings is 1. The van der Waals surface area contributed by atoms with Crippen LogP contribution < -0.4 is 0 Å². The highest BCUT2D eigenvalue weighted by Gasteiger charge is 2.49. The van der Waals surface area contributed by atoms with E-state index in [1.54, 1.807) is 34.8 Å². The summed E-state index contributed by atoms with van der Waals surface area (Å²) in [7, 11) is 3.39. The highest BCUT2D eigenvalue weighted by Crippen LogP contribution is 2.42. The molecular weight excluding hydrogens is 420 g/mol. The summed E-state index contributed by atoms with van der Waals surface area (Å²) in [6, 6.07) is 3.33. The molecule has 2 aliphatic rings. The molecule has 1 aromatic carbocycles. The van der Waals surface area contributed by atoms with Crippen LogP contribution in [0, 0.1) is 11.6 Å². The first-order chi connectivity index (χ1) is 15.3. The fourth-order valence-electron chi connectivity index (χ4n) is 4.43. The number of nitrogens with one attached hydrogen (secondary N) is 1. The number of H-pyrrole nitrogens is 1. The number of hydrogen-bond acceptors (Lipinski definition) is 4. The zero-order chi connectivity index (χ0) is 22.6. The topological polar surface area (TPSA) is 83.5 Å². The molecule has 3 aromatic rings. The first-order valence-electron chi connectivity index (χ1n) is 10.4. The highest BCUT2D eigenvalue weighted by molar-refractivity contribution is 5.99. The third-order valence-corrected chi connectivity index (χ3v) is 6.53. The van der Waals surface area contributed by atoms with Crippen molar-refractivity contribution < 1.29 is 23.1 Å². The van der Waals surface area contributed by atoms with E-state index >= 15 is 0 Å². The van der Waals surface area contributed by atoms with Gasteiger partial charge >= 0.3 is 0 Å². The van der Waals surface area contributed by atoms with Crippen LogP contribution in [0.4, 0.5) is 8.78 Å². The Balaban J connectivity index is 1.39. The summed E-state index contributed by atoms with van der Waals surface area (Å²) in [5.74, 6) is -1.95. The largest absolute Gasteiger partial charge is 0.382 e. The van der Waals surface area contributed by atoms with Crippen LogP contribution in [0.5, 0.6) is 0 Å². The summed E-state index contributed by atoms with van der Waals surface area (Å²) in [5, 5.41) is 4.49. The molecule has 1 aliphatic carbocycles. The summed E-state index contributed by atoms with van der Waals surface area (Å²) in [6.07, 6.45) is 3.31. The summed E-state index contributed by atoms with van der Waals surface area (Å²) in [4.78, 5) is 32.4. The lowest BCUT2D eigenvalue weighted by Crippen LogP contribution is -2.43. The summed E-state index contributed by atoms with van der Waals surface area (Å²) >= 11 is 0. The van der Waals surface area contributed by atoms with Crippen LogP contribution in [0.15, 0.2) is 24.4 Å². The van der Waals surface area contributed by atoms with Crippen molar-refractivity contribution in [3.8, 4) is 0 Å². The van der Waals surface area contributed by atoms with Crippen LogP contribution in [0.1, 0.15) is 39.4 Å². The van der Waals surface area contributed by atoms with Gasteiger partial charge in [-0.05, 0) is 25.0 Å². The van der Waals surface area contributed by atoms with Gasteiger partial charge in [0.25, 0.3) is 11.8 Å². The number of methoxy groups -OCH3 is 1. The monoisotopic (exact) mass is 443 g/mol. The van der Waals surface area contributed by atoms with Crippen molar-refractivity contribution >= 4 is 22.7 Å². The Kier molecular flexibility index (Phi) is 4.77. The number of halogens is 2. The van der Waals surface area contributed by atoms with Crippen LogP contribution in [0.25, 0.3) is 10.9 Å². The number of carbonyl (C=O) groups is 2. The first kappa shape index (κ1) is 20.6. The Morgan fingerprint density at radius 2 is 2.03 bits per heavy atom. The summed E-state index contributed by atoms with van der Waals surface area (Å²) < 4.78 is 34.6. The van der Waals surface area contributed by atoms with Crippen molar-refractivity contribution in [2.45, 2.75) is 31.5 Å². The molecule has 2 aromatic heterocycles. The molecule has 1 N–H and O–H groups in total. The van der Waals surface area contributed by atoms with Gasteiger partial charge in [-0.2, -0.15) is 5.10 Å². The van der Waals surface area contributed by atoms with Gasteiger partial charge in [0.05, 0.1) is 48.2 Å². The quantitative estimate of drug-likeness (QED) is 0.657. The van der Waals surface area contributed by atoms with Crippen molar-refractivity contribution in [2.75, 3.05) is 27.3 Å². The Labute approximate surface area is 182 Å². The van der Waals surface area contributed by atoms with E-state index < -0.39 is 11.6 Å². The zero-order valence-corrected chi connectivity index (χ0v) is 17.8. The third-order valence-electron chi connectivity index (χ3n) is 6.53. The lowest BCUT2D eigenvalue weighted by atomic mass is 10.1. The van der Waals surface area contributed by atoms with Gasteiger partial charge < -0.3 is 19.5 Å². The Morgan fingerprint density at radius 3 is 2.75 bits per heavy atom. The predicted molar refractivity (Wildman–Crippen MR) is 111 cm³/mol. The SMILES string of the molecule is COCC1(N(C)C(=O)c2cnn3c2CN(C(=O)c2cc4c(F)cc(F)cc4[nH]2)CC3)CC1. The minimum atomic E-state index is -0.729. The van der Waals surface area contributed by atoms with Crippen molar-refractivity contribution in [3.05, 3.63) is 53.0 Å². The molecular formula is C22H23F2N5O3. The molecule has 2 amide bonds. The van der Waals surface area contributed by atoms with Gasteiger partial charge in [-0.25, -0.2) is 8.78 Å². The molecule has 0 bridgehead atoms. The second-order valence-electron chi connectivity index (χ2n) is 8.51. The van der Waals surface area contributed by atoms with Crippen LogP contribution in [0.2, 0.25) is 0 Å². The van der Waals surface area contributed by atoms with Gasteiger partial charge in [0, 0.05) is 32.2 Å². The van der Waals surface area contributed by atoms with E-state index in [2.05, 4.69) is 10.1 Å². The van der Waals surface area contributed by atoms with E-state index in [1.807, 2.05) is 0 Å². The molecule has 168 valence electrons. The second-order valence-corrected chi connectivity index (χ2v) is 8.51. The number of aromatic nitrogens is 3. The van der Waals surface area contributed by atoms with Crippen LogP contribution >= 0.6 is 0 Å². The van der Waals surface area contributed by atoms with Gasteiger partial charge in [0.2, 0.25) is 0 Å². The number of rotatable bonds is 5. The molecule has 10 heteroatoms. The molecule has 1 fully saturated rings. The van der Waals surface area contributed by atoms with E-state index in [1.165, 1.54) is 6.07 Å². The summed E-state index contributed by atoms with van der Waals surface area (Å²) in [5.41, 5.74) is 1.21. The minimum absolute atomic E-state index is 0.154. The van der Waals surface area contributed by atoms with Crippen LogP contribution in [0.3, 0.4) is 0 Å². The van der Waals surface area contributed by atoms with Gasteiger partial charge in [-0.3, -0.25) is 14.3 Å². The molecule has 1 aliphatic heterocycles. The van der Waals surface area contributed by atoms with Crippen molar-refractivity contribution in [1.29, 1.82) is 0 Å². The molecule has 0 radical (unpaired) electrons. The third kappa shape index (κ3) is 3.26. The fraction of sp³-hybridized carbons (Fsp3) is 0.409. The highest BCUT2D eigenvalue weighted by atomic mass is 19.1. The van der Waals surface area contributed by atoms with Gasteiger partial charge in [-0.1, -0.05) is 0 Å².